The fourth-order valence-electron chi connectivity index (χ4n) is 2.69. The molecule has 0 bridgehead atoms. The average molecular weight is 262 g/mol. The van der Waals surface area contributed by atoms with Gasteiger partial charge >= 0.3 is 0 Å². The lowest BCUT2D eigenvalue weighted by Gasteiger charge is -2.19. The highest BCUT2D eigenvalue weighted by Gasteiger charge is 2.24. The molecule has 3 nitrogen and oxygen atoms in total. The van der Waals surface area contributed by atoms with Crippen LogP contribution in [0, 0.1) is 5.92 Å². The van der Waals surface area contributed by atoms with E-state index in [0.717, 1.165) is 16.7 Å². The smallest absolute Gasteiger partial charge is 0.224 e. The van der Waals surface area contributed by atoms with E-state index in [0.29, 0.717) is 17.2 Å². The predicted octanol–water partition coefficient (Wildman–Crippen LogP) is 3.88. The number of para-hydroxylation sites is 1. The van der Waals surface area contributed by atoms with Crippen LogP contribution >= 0.6 is 11.6 Å². The first-order valence-electron chi connectivity index (χ1n) is 6.43. The molecule has 4 heteroatoms. The molecule has 94 valence electrons. The minimum Gasteiger partial charge on any atom is -0.366 e. The summed E-state index contributed by atoms with van der Waals surface area (Å²) in [6.45, 7) is 2.29. The maximum atomic E-state index is 5.98. The number of aromatic nitrogens is 2. The molecule has 0 saturated heterocycles. The summed E-state index contributed by atoms with van der Waals surface area (Å²) in [5, 5.41) is 4.89. The second-order valence-corrected chi connectivity index (χ2v) is 5.36. The molecular weight excluding hydrogens is 246 g/mol. The number of hydrogen-bond donors (Lipinski definition) is 1. The van der Waals surface area contributed by atoms with Gasteiger partial charge in [-0.25, -0.2) is 9.97 Å². The topological polar surface area (TPSA) is 37.8 Å². The zero-order valence-corrected chi connectivity index (χ0v) is 11.1. The third kappa shape index (κ3) is 2.15. The Morgan fingerprint density at radius 2 is 2.06 bits per heavy atom. The lowest BCUT2D eigenvalue weighted by molar-refractivity contribution is 0.555. The molecule has 1 heterocycles. The zero-order valence-electron chi connectivity index (χ0n) is 10.4. The summed E-state index contributed by atoms with van der Waals surface area (Å²) >= 11 is 5.98. The molecule has 2 aromatic rings. The van der Waals surface area contributed by atoms with Gasteiger partial charge in [0.15, 0.2) is 0 Å². The van der Waals surface area contributed by atoms with Crippen molar-refractivity contribution in [2.24, 2.45) is 5.92 Å². The number of benzene rings is 1. The standard InChI is InChI=1S/C14H16ClN3/c1-9-5-4-8-11(9)16-13-10-6-2-3-7-12(10)17-14(15)18-13/h2-3,6-7,9,11H,4-5,8H2,1H3,(H,16,17,18). The van der Waals surface area contributed by atoms with Crippen LogP contribution in [-0.4, -0.2) is 16.0 Å². The van der Waals surface area contributed by atoms with Gasteiger partial charge in [0.1, 0.15) is 5.82 Å². The van der Waals surface area contributed by atoms with E-state index >= 15 is 0 Å². The number of anilines is 1. The molecule has 1 aromatic heterocycles. The second kappa shape index (κ2) is 4.73. The molecule has 2 unspecified atom stereocenters. The number of fused-ring (bicyclic) bond motifs is 1. The second-order valence-electron chi connectivity index (χ2n) is 5.02. The van der Waals surface area contributed by atoms with E-state index < -0.39 is 0 Å². The Bertz CT molecular complexity index is 570. The summed E-state index contributed by atoms with van der Waals surface area (Å²) in [5.41, 5.74) is 0.894. The normalized spacial score (nSPS) is 23.4. The molecule has 1 aromatic carbocycles. The van der Waals surface area contributed by atoms with Crippen LogP contribution in [0.2, 0.25) is 5.28 Å². The molecule has 0 aliphatic heterocycles. The Kier molecular flexibility index (Phi) is 3.08. The van der Waals surface area contributed by atoms with E-state index in [1.807, 2.05) is 24.3 Å². The van der Waals surface area contributed by atoms with Gasteiger partial charge in [-0.1, -0.05) is 25.5 Å². The SMILES string of the molecule is CC1CCCC1Nc1nc(Cl)nc2ccccc12. The van der Waals surface area contributed by atoms with E-state index in [-0.39, 0.29) is 0 Å². The van der Waals surface area contributed by atoms with Crippen molar-refractivity contribution in [3.05, 3.63) is 29.5 Å². The Labute approximate surface area is 112 Å². The van der Waals surface area contributed by atoms with Crippen LogP contribution in [-0.2, 0) is 0 Å². The van der Waals surface area contributed by atoms with Gasteiger partial charge in [-0.05, 0) is 42.5 Å². The largest absolute Gasteiger partial charge is 0.366 e. The first-order chi connectivity index (χ1) is 8.74. The Morgan fingerprint density at radius 3 is 2.83 bits per heavy atom. The van der Waals surface area contributed by atoms with Gasteiger partial charge in [0.25, 0.3) is 0 Å². The van der Waals surface area contributed by atoms with Gasteiger partial charge in [0, 0.05) is 11.4 Å². The Hall–Kier alpha value is -1.35. The molecular formula is C14H16ClN3. The highest BCUT2D eigenvalue weighted by molar-refractivity contribution is 6.28. The van der Waals surface area contributed by atoms with Gasteiger partial charge in [-0.3, -0.25) is 0 Å². The van der Waals surface area contributed by atoms with Crippen LogP contribution in [0.25, 0.3) is 10.9 Å². The van der Waals surface area contributed by atoms with Crippen LogP contribution in [0.15, 0.2) is 24.3 Å². The lowest BCUT2D eigenvalue weighted by atomic mass is 10.1. The van der Waals surface area contributed by atoms with E-state index in [1.165, 1.54) is 19.3 Å². The average Bonchev–Trinajstić information content (AvgIpc) is 2.75. The van der Waals surface area contributed by atoms with Gasteiger partial charge < -0.3 is 5.32 Å². The molecule has 1 aliphatic carbocycles. The van der Waals surface area contributed by atoms with Crippen LogP contribution in [0.3, 0.4) is 0 Å². The highest BCUT2D eigenvalue weighted by Crippen LogP contribution is 2.30. The molecule has 1 fully saturated rings. The van der Waals surface area contributed by atoms with Crippen LogP contribution in [0.4, 0.5) is 5.82 Å². The van der Waals surface area contributed by atoms with Crippen LogP contribution in [0.1, 0.15) is 26.2 Å². The summed E-state index contributed by atoms with van der Waals surface area (Å²) in [6.07, 6.45) is 3.78. The minimum atomic E-state index is 0.307. The molecule has 3 rings (SSSR count). The number of hydrogen-bond acceptors (Lipinski definition) is 3. The summed E-state index contributed by atoms with van der Waals surface area (Å²) in [6, 6.07) is 8.47. The van der Waals surface area contributed by atoms with Crippen molar-refractivity contribution in [2.45, 2.75) is 32.2 Å². The molecule has 1 N–H and O–H groups in total. The van der Waals surface area contributed by atoms with E-state index in [2.05, 4.69) is 22.2 Å². The summed E-state index contributed by atoms with van der Waals surface area (Å²) in [4.78, 5) is 8.59. The van der Waals surface area contributed by atoms with Crippen molar-refractivity contribution >= 4 is 28.3 Å². The molecule has 1 aliphatic rings. The molecule has 0 amide bonds. The maximum Gasteiger partial charge on any atom is 0.224 e. The maximum absolute atomic E-state index is 5.98. The van der Waals surface area contributed by atoms with Gasteiger partial charge in [-0.2, -0.15) is 0 Å². The summed E-state index contributed by atoms with van der Waals surface area (Å²) in [5.74, 6) is 1.56. The predicted molar refractivity (Wildman–Crippen MR) is 75.0 cm³/mol. The molecule has 1 saturated carbocycles. The van der Waals surface area contributed by atoms with Crippen molar-refractivity contribution in [3.8, 4) is 0 Å². The first kappa shape index (κ1) is 11.7. The number of rotatable bonds is 2. The fraction of sp³-hybridized carbons (Fsp3) is 0.429. The Morgan fingerprint density at radius 1 is 1.22 bits per heavy atom. The van der Waals surface area contributed by atoms with Crippen molar-refractivity contribution in [3.63, 3.8) is 0 Å². The van der Waals surface area contributed by atoms with Crippen molar-refractivity contribution in [1.82, 2.24) is 9.97 Å². The Balaban J connectivity index is 2.00. The summed E-state index contributed by atoms with van der Waals surface area (Å²) < 4.78 is 0. The minimum absolute atomic E-state index is 0.307. The van der Waals surface area contributed by atoms with Gasteiger partial charge in [-0.15, -0.1) is 0 Å². The highest BCUT2D eigenvalue weighted by atomic mass is 35.5. The van der Waals surface area contributed by atoms with E-state index in [9.17, 15) is 0 Å². The molecule has 2 atom stereocenters. The van der Waals surface area contributed by atoms with E-state index in [1.54, 1.807) is 0 Å². The fourth-order valence-corrected chi connectivity index (χ4v) is 2.87. The van der Waals surface area contributed by atoms with Gasteiger partial charge in [0.2, 0.25) is 5.28 Å². The monoisotopic (exact) mass is 261 g/mol. The van der Waals surface area contributed by atoms with Crippen LogP contribution < -0.4 is 5.32 Å². The van der Waals surface area contributed by atoms with Crippen LogP contribution in [0.5, 0.6) is 0 Å². The number of nitrogens with one attached hydrogen (secondary N) is 1. The van der Waals surface area contributed by atoms with Crippen molar-refractivity contribution < 1.29 is 0 Å². The molecule has 0 spiro atoms. The number of halogens is 1. The van der Waals surface area contributed by atoms with Crippen molar-refractivity contribution in [2.75, 3.05) is 5.32 Å². The zero-order chi connectivity index (χ0) is 12.5. The lowest BCUT2D eigenvalue weighted by Crippen LogP contribution is -2.22. The quantitative estimate of drug-likeness (QED) is 0.834. The summed E-state index contributed by atoms with van der Waals surface area (Å²) in [7, 11) is 0. The molecule has 18 heavy (non-hydrogen) atoms. The third-order valence-electron chi connectivity index (χ3n) is 3.76. The van der Waals surface area contributed by atoms with Gasteiger partial charge in [0.05, 0.1) is 5.52 Å². The number of nitrogens with zero attached hydrogens (tertiary/aromatic N) is 2. The van der Waals surface area contributed by atoms with E-state index in [4.69, 9.17) is 11.6 Å². The first-order valence-corrected chi connectivity index (χ1v) is 6.80. The molecule has 0 radical (unpaired) electrons. The third-order valence-corrected chi connectivity index (χ3v) is 3.93. The van der Waals surface area contributed by atoms with Crippen molar-refractivity contribution in [1.29, 1.82) is 0 Å².